The molecule has 0 aliphatic carbocycles. The molecule has 0 bridgehead atoms. The van der Waals surface area contributed by atoms with E-state index in [-0.39, 0.29) is 5.91 Å². The zero-order valence-corrected chi connectivity index (χ0v) is 17.0. The molecule has 1 atom stereocenters. The highest BCUT2D eigenvalue weighted by Gasteiger charge is 2.08. The fourth-order valence-corrected chi connectivity index (χ4v) is 2.98. The van der Waals surface area contributed by atoms with Gasteiger partial charge in [0.15, 0.2) is 0 Å². The lowest BCUT2D eigenvalue weighted by Crippen LogP contribution is -2.33. The second-order valence-electron chi connectivity index (χ2n) is 7.37. The van der Waals surface area contributed by atoms with Crippen molar-refractivity contribution in [3.63, 3.8) is 0 Å². The number of rotatable bonds is 16. The van der Waals surface area contributed by atoms with Crippen molar-refractivity contribution in [1.82, 2.24) is 5.32 Å². The number of unbranched alkanes of at least 4 members (excludes halogenated alkanes) is 11. The largest absolute Gasteiger partial charge is 0.350 e. The standard InChI is InChI=1S/C22H43NO/c1-5-7-9-11-12-13-14-15-16-18-20(3)22(24)23-21(4)19-17-10-8-6-2/h18,21H,5-17,19H2,1-4H3,(H,23,24). The summed E-state index contributed by atoms with van der Waals surface area (Å²) in [6, 6.07) is 0.292. The molecule has 0 aromatic carbocycles. The average molecular weight is 338 g/mol. The van der Waals surface area contributed by atoms with E-state index in [9.17, 15) is 4.79 Å². The van der Waals surface area contributed by atoms with E-state index >= 15 is 0 Å². The zero-order valence-electron chi connectivity index (χ0n) is 17.0. The molecule has 0 saturated heterocycles. The summed E-state index contributed by atoms with van der Waals surface area (Å²) < 4.78 is 0. The summed E-state index contributed by atoms with van der Waals surface area (Å²) in [6.07, 6.45) is 20.0. The molecule has 0 spiro atoms. The van der Waals surface area contributed by atoms with Crippen LogP contribution in [-0.2, 0) is 4.79 Å². The van der Waals surface area contributed by atoms with E-state index in [0.29, 0.717) is 6.04 Å². The Labute approximate surface area is 151 Å². The van der Waals surface area contributed by atoms with E-state index in [1.807, 2.05) is 6.92 Å². The maximum Gasteiger partial charge on any atom is 0.246 e. The van der Waals surface area contributed by atoms with Gasteiger partial charge in [0.1, 0.15) is 0 Å². The van der Waals surface area contributed by atoms with E-state index < -0.39 is 0 Å². The molecule has 142 valence electrons. The van der Waals surface area contributed by atoms with Crippen LogP contribution >= 0.6 is 0 Å². The van der Waals surface area contributed by atoms with Gasteiger partial charge in [-0.05, 0) is 33.1 Å². The molecule has 1 amide bonds. The van der Waals surface area contributed by atoms with Crippen LogP contribution in [0.4, 0.5) is 0 Å². The van der Waals surface area contributed by atoms with Gasteiger partial charge < -0.3 is 5.32 Å². The van der Waals surface area contributed by atoms with Crippen molar-refractivity contribution >= 4 is 5.91 Å². The number of amides is 1. The molecule has 0 aliphatic rings. The summed E-state index contributed by atoms with van der Waals surface area (Å²) in [7, 11) is 0. The first-order valence-corrected chi connectivity index (χ1v) is 10.6. The highest BCUT2D eigenvalue weighted by molar-refractivity contribution is 5.92. The molecule has 0 rings (SSSR count). The Morgan fingerprint density at radius 1 is 0.833 bits per heavy atom. The van der Waals surface area contributed by atoms with Gasteiger partial charge in [-0.3, -0.25) is 4.79 Å². The van der Waals surface area contributed by atoms with Crippen LogP contribution < -0.4 is 5.32 Å². The van der Waals surface area contributed by atoms with E-state index in [1.54, 1.807) is 0 Å². The molecule has 0 radical (unpaired) electrons. The summed E-state index contributed by atoms with van der Waals surface area (Å²) in [4.78, 5) is 12.1. The lowest BCUT2D eigenvalue weighted by atomic mass is 10.1. The van der Waals surface area contributed by atoms with Crippen molar-refractivity contribution in [2.45, 2.75) is 124 Å². The van der Waals surface area contributed by atoms with Gasteiger partial charge in [-0.2, -0.15) is 0 Å². The Morgan fingerprint density at radius 3 is 1.92 bits per heavy atom. The number of carbonyl (C=O) groups excluding carboxylic acids is 1. The van der Waals surface area contributed by atoms with E-state index in [0.717, 1.165) is 18.4 Å². The minimum Gasteiger partial charge on any atom is -0.350 e. The lowest BCUT2D eigenvalue weighted by Gasteiger charge is -2.14. The van der Waals surface area contributed by atoms with Gasteiger partial charge >= 0.3 is 0 Å². The van der Waals surface area contributed by atoms with Crippen LogP contribution in [0.15, 0.2) is 11.6 Å². The molecule has 0 aliphatic heterocycles. The Kier molecular flexibility index (Phi) is 16.5. The first kappa shape index (κ1) is 23.2. The molecule has 0 fully saturated rings. The van der Waals surface area contributed by atoms with Crippen molar-refractivity contribution in [3.05, 3.63) is 11.6 Å². The quantitative estimate of drug-likeness (QED) is 0.240. The van der Waals surface area contributed by atoms with Gasteiger partial charge in [0, 0.05) is 11.6 Å². The molecule has 24 heavy (non-hydrogen) atoms. The molecule has 0 aromatic heterocycles. The lowest BCUT2D eigenvalue weighted by molar-refractivity contribution is -0.118. The minimum atomic E-state index is 0.123. The Bertz CT molecular complexity index is 322. The van der Waals surface area contributed by atoms with Crippen molar-refractivity contribution in [2.24, 2.45) is 0 Å². The Morgan fingerprint density at radius 2 is 1.33 bits per heavy atom. The fourth-order valence-electron chi connectivity index (χ4n) is 2.98. The van der Waals surface area contributed by atoms with Crippen LogP contribution in [0.25, 0.3) is 0 Å². The topological polar surface area (TPSA) is 29.1 Å². The van der Waals surface area contributed by atoms with E-state index in [1.165, 1.54) is 77.0 Å². The van der Waals surface area contributed by atoms with Crippen LogP contribution in [0.2, 0.25) is 0 Å². The van der Waals surface area contributed by atoms with Crippen LogP contribution in [0.1, 0.15) is 118 Å². The molecular weight excluding hydrogens is 294 g/mol. The van der Waals surface area contributed by atoms with E-state index in [4.69, 9.17) is 0 Å². The summed E-state index contributed by atoms with van der Waals surface area (Å²) in [6.45, 7) is 8.56. The molecule has 1 unspecified atom stereocenters. The first-order valence-electron chi connectivity index (χ1n) is 10.6. The van der Waals surface area contributed by atoms with Gasteiger partial charge in [-0.1, -0.05) is 90.6 Å². The SMILES string of the molecule is CCCCCCCCCCC=C(C)C(=O)NC(C)CCCCCC. The van der Waals surface area contributed by atoms with Gasteiger partial charge in [0.2, 0.25) is 5.91 Å². The van der Waals surface area contributed by atoms with Gasteiger partial charge in [-0.15, -0.1) is 0 Å². The van der Waals surface area contributed by atoms with Gasteiger partial charge in [0.25, 0.3) is 0 Å². The maximum atomic E-state index is 12.1. The third-order valence-corrected chi connectivity index (χ3v) is 4.73. The predicted molar refractivity (Wildman–Crippen MR) is 107 cm³/mol. The summed E-state index contributed by atoms with van der Waals surface area (Å²) in [5.74, 6) is 0.123. The number of nitrogens with one attached hydrogen (secondary N) is 1. The smallest absolute Gasteiger partial charge is 0.246 e. The van der Waals surface area contributed by atoms with Gasteiger partial charge in [-0.25, -0.2) is 0 Å². The normalized spacial score (nSPS) is 13.1. The van der Waals surface area contributed by atoms with Crippen molar-refractivity contribution in [3.8, 4) is 0 Å². The van der Waals surface area contributed by atoms with Crippen molar-refractivity contribution in [2.75, 3.05) is 0 Å². The minimum absolute atomic E-state index is 0.123. The third kappa shape index (κ3) is 14.8. The Hall–Kier alpha value is -0.790. The van der Waals surface area contributed by atoms with E-state index in [2.05, 4.69) is 32.2 Å². The van der Waals surface area contributed by atoms with Crippen LogP contribution in [0.5, 0.6) is 0 Å². The molecule has 1 N–H and O–H groups in total. The maximum absolute atomic E-state index is 12.1. The summed E-state index contributed by atoms with van der Waals surface area (Å²) in [5.41, 5.74) is 0.887. The zero-order chi connectivity index (χ0) is 18.0. The average Bonchev–Trinajstić information content (AvgIpc) is 2.57. The second kappa shape index (κ2) is 17.0. The highest BCUT2D eigenvalue weighted by atomic mass is 16.1. The highest BCUT2D eigenvalue weighted by Crippen LogP contribution is 2.11. The Balaban J connectivity index is 3.66. The number of allylic oxidation sites excluding steroid dienone is 1. The number of hydrogen-bond acceptors (Lipinski definition) is 1. The molecule has 0 saturated carbocycles. The second-order valence-corrected chi connectivity index (χ2v) is 7.37. The molecule has 2 nitrogen and oxygen atoms in total. The molecule has 2 heteroatoms. The monoisotopic (exact) mass is 337 g/mol. The van der Waals surface area contributed by atoms with Crippen molar-refractivity contribution < 1.29 is 4.79 Å². The fraction of sp³-hybridized carbons (Fsp3) is 0.864. The molecule has 0 aromatic rings. The van der Waals surface area contributed by atoms with Crippen LogP contribution in [0, 0.1) is 0 Å². The number of carbonyl (C=O) groups is 1. The number of hydrogen-bond donors (Lipinski definition) is 1. The first-order chi connectivity index (χ1) is 11.6. The third-order valence-electron chi connectivity index (χ3n) is 4.73. The summed E-state index contributed by atoms with van der Waals surface area (Å²) >= 11 is 0. The molecule has 0 heterocycles. The summed E-state index contributed by atoms with van der Waals surface area (Å²) in [5, 5.41) is 3.13. The molecular formula is C22H43NO. The van der Waals surface area contributed by atoms with Gasteiger partial charge in [0.05, 0.1) is 0 Å². The van der Waals surface area contributed by atoms with Crippen molar-refractivity contribution in [1.29, 1.82) is 0 Å². The van der Waals surface area contributed by atoms with Crippen LogP contribution in [0.3, 0.4) is 0 Å². The van der Waals surface area contributed by atoms with Crippen LogP contribution in [-0.4, -0.2) is 11.9 Å². The predicted octanol–water partition coefficient (Wildman–Crippen LogP) is 6.94.